The molecule has 24 heavy (non-hydrogen) atoms. The molecule has 1 N–H and O–H groups in total. The standard InChI is InChI=1S/C19H17FN2O2/c1-11-15-10-13(21-18(23)14-6-2-3-7-16(14)20)9-12-5-4-8-22(17(12)15)19(11)24/h2-3,6-7,9-11H,4-5,8H2,1H3,(H,21,23)/t11-/m0/s1. The number of anilines is 2. The minimum Gasteiger partial charge on any atom is -0.322 e. The molecule has 2 aromatic carbocycles. The molecule has 4 rings (SSSR count). The molecule has 2 aliphatic rings. The predicted molar refractivity (Wildman–Crippen MR) is 89.9 cm³/mol. The molecule has 2 heterocycles. The summed E-state index contributed by atoms with van der Waals surface area (Å²) >= 11 is 0. The van der Waals surface area contributed by atoms with Crippen molar-refractivity contribution in [1.29, 1.82) is 0 Å². The third-order valence-electron chi connectivity index (χ3n) is 4.80. The number of hydrogen-bond acceptors (Lipinski definition) is 2. The molecule has 0 unspecified atom stereocenters. The third-order valence-corrected chi connectivity index (χ3v) is 4.80. The van der Waals surface area contributed by atoms with E-state index >= 15 is 0 Å². The Morgan fingerprint density at radius 1 is 1.29 bits per heavy atom. The number of amides is 2. The van der Waals surface area contributed by atoms with Gasteiger partial charge in [-0.05, 0) is 55.2 Å². The number of halogens is 1. The van der Waals surface area contributed by atoms with Crippen LogP contribution >= 0.6 is 0 Å². The fourth-order valence-electron chi connectivity index (χ4n) is 3.61. The van der Waals surface area contributed by atoms with E-state index in [4.69, 9.17) is 0 Å². The fourth-order valence-corrected chi connectivity index (χ4v) is 3.61. The molecule has 0 radical (unpaired) electrons. The van der Waals surface area contributed by atoms with Crippen LogP contribution in [0.2, 0.25) is 0 Å². The van der Waals surface area contributed by atoms with Crippen LogP contribution in [0, 0.1) is 5.82 Å². The normalized spacial score (nSPS) is 18.5. The summed E-state index contributed by atoms with van der Waals surface area (Å²) in [6.45, 7) is 2.64. The molecule has 4 nitrogen and oxygen atoms in total. The lowest BCUT2D eigenvalue weighted by atomic mass is 9.96. The van der Waals surface area contributed by atoms with Gasteiger partial charge in [-0.25, -0.2) is 4.39 Å². The summed E-state index contributed by atoms with van der Waals surface area (Å²) in [4.78, 5) is 26.5. The van der Waals surface area contributed by atoms with Crippen LogP contribution in [0.5, 0.6) is 0 Å². The Balaban J connectivity index is 1.70. The van der Waals surface area contributed by atoms with E-state index in [9.17, 15) is 14.0 Å². The van der Waals surface area contributed by atoms with Crippen molar-refractivity contribution < 1.29 is 14.0 Å². The molecule has 122 valence electrons. The first-order valence-corrected chi connectivity index (χ1v) is 8.10. The number of aryl methyl sites for hydroxylation is 1. The Labute approximate surface area is 139 Å². The number of carbonyl (C=O) groups is 2. The summed E-state index contributed by atoms with van der Waals surface area (Å²) < 4.78 is 13.8. The van der Waals surface area contributed by atoms with Gasteiger partial charge in [0, 0.05) is 12.2 Å². The molecule has 0 saturated heterocycles. The molecule has 2 aliphatic heterocycles. The third kappa shape index (κ3) is 2.19. The summed E-state index contributed by atoms with van der Waals surface area (Å²) in [5.41, 5.74) is 3.64. The highest BCUT2D eigenvalue weighted by Crippen LogP contribution is 2.44. The summed E-state index contributed by atoms with van der Waals surface area (Å²) in [7, 11) is 0. The first-order valence-electron chi connectivity index (χ1n) is 8.10. The molecule has 2 aromatic rings. The number of rotatable bonds is 2. The molecule has 0 saturated carbocycles. The van der Waals surface area contributed by atoms with Gasteiger partial charge in [0.25, 0.3) is 5.91 Å². The summed E-state index contributed by atoms with van der Waals surface area (Å²) in [6.07, 6.45) is 1.79. The monoisotopic (exact) mass is 324 g/mol. The van der Waals surface area contributed by atoms with Crippen molar-refractivity contribution in [3.8, 4) is 0 Å². The van der Waals surface area contributed by atoms with E-state index in [0.29, 0.717) is 5.69 Å². The van der Waals surface area contributed by atoms with Crippen molar-refractivity contribution in [1.82, 2.24) is 0 Å². The molecule has 0 aliphatic carbocycles. The minimum atomic E-state index is -0.549. The molecular weight excluding hydrogens is 307 g/mol. The molecule has 0 aromatic heterocycles. The maximum atomic E-state index is 13.8. The second kappa shape index (κ2) is 5.44. The highest BCUT2D eigenvalue weighted by atomic mass is 19.1. The van der Waals surface area contributed by atoms with Crippen LogP contribution in [0.3, 0.4) is 0 Å². The molecule has 5 heteroatoms. The van der Waals surface area contributed by atoms with Crippen LogP contribution < -0.4 is 10.2 Å². The molecular formula is C19H17FN2O2. The van der Waals surface area contributed by atoms with Gasteiger partial charge in [0.2, 0.25) is 5.91 Å². The average Bonchev–Trinajstić information content (AvgIpc) is 2.82. The Bertz CT molecular complexity index is 862. The molecule has 1 atom stereocenters. The van der Waals surface area contributed by atoms with Gasteiger partial charge in [-0.2, -0.15) is 0 Å². The molecule has 0 bridgehead atoms. The maximum absolute atomic E-state index is 13.8. The SMILES string of the molecule is C[C@@H]1C(=O)N2CCCc3cc(NC(=O)c4ccccc4F)cc1c32. The number of benzene rings is 2. The van der Waals surface area contributed by atoms with E-state index in [1.165, 1.54) is 12.1 Å². The Hall–Kier alpha value is -2.69. The average molecular weight is 324 g/mol. The van der Waals surface area contributed by atoms with E-state index < -0.39 is 11.7 Å². The minimum absolute atomic E-state index is 0.0115. The van der Waals surface area contributed by atoms with Gasteiger partial charge in [-0.3, -0.25) is 9.59 Å². The topological polar surface area (TPSA) is 49.4 Å². The lowest BCUT2D eigenvalue weighted by Gasteiger charge is -2.26. The van der Waals surface area contributed by atoms with Crippen molar-refractivity contribution in [3.63, 3.8) is 0 Å². The van der Waals surface area contributed by atoms with Crippen LogP contribution in [0.15, 0.2) is 36.4 Å². The zero-order valence-corrected chi connectivity index (χ0v) is 13.3. The fraction of sp³-hybridized carbons (Fsp3) is 0.263. The van der Waals surface area contributed by atoms with Crippen molar-refractivity contribution in [2.75, 3.05) is 16.8 Å². The van der Waals surface area contributed by atoms with Gasteiger partial charge in [0.05, 0.1) is 17.2 Å². The van der Waals surface area contributed by atoms with Gasteiger partial charge < -0.3 is 10.2 Å². The largest absolute Gasteiger partial charge is 0.322 e. The number of nitrogens with zero attached hydrogens (tertiary/aromatic N) is 1. The highest BCUT2D eigenvalue weighted by Gasteiger charge is 2.37. The molecule has 0 fully saturated rings. The van der Waals surface area contributed by atoms with E-state index in [1.807, 2.05) is 24.0 Å². The van der Waals surface area contributed by atoms with Crippen LogP contribution in [0.25, 0.3) is 0 Å². The smallest absolute Gasteiger partial charge is 0.258 e. The quantitative estimate of drug-likeness (QED) is 0.919. The maximum Gasteiger partial charge on any atom is 0.258 e. The van der Waals surface area contributed by atoms with E-state index in [2.05, 4.69) is 5.32 Å². The van der Waals surface area contributed by atoms with Crippen molar-refractivity contribution in [2.24, 2.45) is 0 Å². The Morgan fingerprint density at radius 3 is 2.88 bits per heavy atom. The van der Waals surface area contributed by atoms with Crippen LogP contribution in [-0.2, 0) is 11.2 Å². The summed E-state index contributed by atoms with van der Waals surface area (Å²) in [5.74, 6) is -1.12. The van der Waals surface area contributed by atoms with Gasteiger partial charge in [-0.1, -0.05) is 12.1 Å². The van der Waals surface area contributed by atoms with Crippen LogP contribution in [0.1, 0.15) is 40.7 Å². The van der Waals surface area contributed by atoms with E-state index in [-0.39, 0.29) is 17.4 Å². The van der Waals surface area contributed by atoms with Crippen LogP contribution in [-0.4, -0.2) is 18.4 Å². The summed E-state index contributed by atoms with van der Waals surface area (Å²) in [6, 6.07) is 9.63. The Kier molecular flexibility index (Phi) is 3.37. The predicted octanol–water partition coefficient (Wildman–Crippen LogP) is 3.47. The lowest BCUT2D eigenvalue weighted by molar-refractivity contribution is -0.119. The van der Waals surface area contributed by atoms with Crippen molar-refractivity contribution in [2.45, 2.75) is 25.7 Å². The first kappa shape index (κ1) is 14.9. The molecule has 2 amide bonds. The second-order valence-corrected chi connectivity index (χ2v) is 6.32. The first-order chi connectivity index (χ1) is 11.6. The van der Waals surface area contributed by atoms with E-state index in [0.717, 1.165) is 36.2 Å². The number of hydrogen-bond donors (Lipinski definition) is 1. The zero-order chi connectivity index (χ0) is 16.8. The second-order valence-electron chi connectivity index (χ2n) is 6.32. The van der Waals surface area contributed by atoms with Crippen molar-refractivity contribution in [3.05, 3.63) is 58.9 Å². The van der Waals surface area contributed by atoms with Gasteiger partial charge in [-0.15, -0.1) is 0 Å². The van der Waals surface area contributed by atoms with Gasteiger partial charge in [0.1, 0.15) is 5.82 Å². The zero-order valence-electron chi connectivity index (χ0n) is 13.3. The number of nitrogens with one attached hydrogen (secondary N) is 1. The highest BCUT2D eigenvalue weighted by molar-refractivity contribution is 6.08. The summed E-state index contributed by atoms with van der Waals surface area (Å²) in [5, 5.41) is 2.77. The van der Waals surface area contributed by atoms with Gasteiger partial charge in [0.15, 0.2) is 0 Å². The Morgan fingerprint density at radius 2 is 2.08 bits per heavy atom. The number of carbonyl (C=O) groups excluding carboxylic acids is 2. The van der Waals surface area contributed by atoms with Crippen molar-refractivity contribution >= 4 is 23.2 Å². The van der Waals surface area contributed by atoms with Gasteiger partial charge >= 0.3 is 0 Å². The molecule has 0 spiro atoms. The van der Waals surface area contributed by atoms with Crippen LogP contribution in [0.4, 0.5) is 15.8 Å². The lowest BCUT2D eigenvalue weighted by Crippen LogP contribution is -2.32. The van der Waals surface area contributed by atoms with E-state index in [1.54, 1.807) is 12.1 Å².